The van der Waals surface area contributed by atoms with Crippen molar-refractivity contribution in [1.29, 1.82) is 0 Å². The molecule has 1 saturated heterocycles. The summed E-state index contributed by atoms with van der Waals surface area (Å²) in [7, 11) is 0. The Kier molecular flexibility index (Phi) is 3.49. The maximum Gasteiger partial charge on any atom is 0.265 e. The fourth-order valence-corrected chi connectivity index (χ4v) is 1.94. The SMILES string of the molecule is O=C(NN1CCCCC1)c1cc(O)cc(O)c1. The number of phenols is 2. The molecule has 1 fully saturated rings. The first kappa shape index (κ1) is 11.7. The molecule has 0 unspecified atom stereocenters. The van der Waals surface area contributed by atoms with Crippen molar-refractivity contribution in [2.75, 3.05) is 13.1 Å². The van der Waals surface area contributed by atoms with E-state index in [1.807, 2.05) is 5.01 Å². The Labute approximate surface area is 99.6 Å². The molecule has 5 heteroatoms. The van der Waals surface area contributed by atoms with Crippen LogP contribution in [0.25, 0.3) is 0 Å². The molecular weight excluding hydrogens is 220 g/mol. The van der Waals surface area contributed by atoms with Gasteiger partial charge in [-0.25, -0.2) is 5.01 Å². The Morgan fingerprint density at radius 1 is 1.06 bits per heavy atom. The Balaban J connectivity index is 2.03. The first-order valence-corrected chi connectivity index (χ1v) is 5.74. The fourth-order valence-electron chi connectivity index (χ4n) is 1.94. The van der Waals surface area contributed by atoms with Crippen molar-refractivity contribution < 1.29 is 15.0 Å². The van der Waals surface area contributed by atoms with Crippen molar-refractivity contribution in [3.63, 3.8) is 0 Å². The summed E-state index contributed by atoms with van der Waals surface area (Å²) in [5.41, 5.74) is 3.02. The van der Waals surface area contributed by atoms with Crippen LogP contribution in [0, 0.1) is 0 Å². The standard InChI is InChI=1S/C12H16N2O3/c15-10-6-9(7-11(16)8-10)12(17)13-14-4-2-1-3-5-14/h6-8,15-16H,1-5H2,(H,13,17). The maximum atomic E-state index is 11.8. The molecule has 1 aromatic carbocycles. The second kappa shape index (κ2) is 5.05. The highest BCUT2D eigenvalue weighted by molar-refractivity contribution is 5.94. The Hall–Kier alpha value is -1.75. The van der Waals surface area contributed by atoms with Crippen molar-refractivity contribution in [3.05, 3.63) is 23.8 Å². The third-order valence-corrected chi connectivity index (χ3v) is 2.78. The first-order chi connectivity index (χ1) is 8.15. The molecule has 0 radical (unpaired) electrons. The van der Waals surface area contributed by atoms with E-state index in [9.17, 15) is 15.0 Å². The van der Waals surface area contributed by atoms with Crippen molar-refractivity contribution in [2.24, 2.45) is 0 Å². The van der Waals surface area contributed by atoms with E-state index in [0.717, 1.165) is 25.9 Å². The molecule has 0 bridgehead atoms. The number of hydrogen-bond donors (Lipinski definition) is 3. The number of benzene rings is 1. The topological polar surface area (TPSA) is 72.8 Å². The summed E-state index contributed by atoms with van der Waals surface area (Å²) >= 11 is 0. The summed E-state index contributed by atoms with van der Waals surface area (Å²) in [6.45, 7) is 1.69. The smallest absolute Gasteiger partial charge is 0.265 e. The number of carbonyl (C=O) groups excluding carboxylic acids is 1. The minimum absolute atomic E-state index is 0.117. The van der Waals surface area contributed by atoms with Gasteiger partial charge < -0.3 is 10.2 Å². The number of phenolic OH excluding ortho intramolecular Hbond substituents is 2. The monoisotopic (exact) mass is 236 g/mol. The second-order valence-electron chi connectivity index (χ2n) is 4.23. The van der Waals surface area contributed by atoms with Crippen molar-refractivity contribution in [3.8, 4) is 11.5 Å². The number of aromatic hydroxyl groups is 2. The van der Waals surface area contributed by atoms with Crippen LogP contribution in [0.4, 0.5) is 0 Å². The van der Waals surface area contributed by atoms with Gasteiger partial charge >= 0.3 is 0 Å². The minimum atomic E-state index is -0.307. The van der Waals surface area contributed by atoms with Crippen LogP contribution in [0.1, 0.15) is 29.6 Å². The van der Waals surface area contributed by atoms with Gasteiger partial charge in [0.2, 0.25) is 0 Å². The van der Waals surface area contributed by atoms with E-state index in [4.69, 9.17) is 0 Å². The summed E-state index contributed by atoms with van der Waals surface area (Å²) < 4.78 is 0. The van der Waals surface area contributed by atoms with Gasteiger partial charge in [0.15, 0.2) is 0 Å². The number of nitrogens with one attached hydrogen (secondary N) is 1. The van der Waals surface area contributed by atoms with Gasteiger partial charge in [0.05, 0.1) is 0 Å². The summed E-state index contributed by atoms with van der Waals surface area (Å²) in [6, 6.07) is 3.86. The molecule has 5 nitrogen and oxygen atoms in total. The summed E-state index contributed by atoms with van der Waals surface area (Å²) in [5, 5.41) is 20.5. The zero-order valence-corrected chi connectivity index (χ0v) is 9.52. The molecule has 1 aromatic rings. The van der Waals surface area contributed by atoms with Gasteiger partial charge in [0.25, 0.3) is 5.91 Å². The summed E-state index contributed by atoms with van der Waals surface area (Å²) in [5.74, 6) is -0.541. The molecule has 1 aliphatic rings. The van der Waals surface area contributed by atoms with Crippen LogP contribution in [-0.2, 0) is 0 Å². The van der Waals surface area contributed by atoms with Crippen molar-refractivity contribution >= 4 is 5.91 Å². The van der Waals surface area contributed by atoms with E-state index in [1.54, 1.807) is 0 Å². The van der Waals surface area contributed by atoms with Gasteiger partial charge in [-0.15, -0.1) is 0 Å². The molecule has 1 heterocycles. The minimum Gasteiger partial charge on any atom is -0.508 e. The molecule has 0 aliphatic carbocycles. The van der Waals surface area contributed by atoms with Crippen LogP contribution in [-0.4, -0.2) is 34.2 Å². The van der Waals surface area contributed by atoms with E-state index < -0.39 is 0 Å². The molecule has 2 rings (SSSR count). The molecule has 0 saturated carbocycles. The molecule has 0 aromatic heterocycles. The molecule has 0 spiro atoms. The third-order valence-electron chi connectivity index (χ3n) is 2.78. The van der Waals surface area contributed by atoms with Crippen LogP contribution >= 0.6 is 0 Å². The quantitative estimate of drug-likeness (QED) is 0.722. The lowest BCUT2D eigenvalue weighted by Gasteiger charge is -2.26. The van der Waals surface area contributed by atoms with Gasteiger partial charge in [-0.2, -0.15) is 0 Å². The molecule has 0 atom stereocenters. The fraction of sp³-hybridized carbons (Fsp3) is 0.417. The van der Waals surface area contributed by atoms with Crippen LogP contribution in [0.3, 0.4) is 0 Å². The van der Waals surface area contributed by atoms with Gasteiger partial charge in [0, 0.05) is 24.7 Å². The average Bonchev–Trinajstić information content (AvgIpc) is 2.29. The average molecular weight is 236 g/mol. The van der Waals surface area contributed by atoms with Crippen molar-refractivity contribution in [1.82, 2.24) is 10.4 Å². The van der Waals surface area contributed by atoms with Crippen LogP contribution in [0.2, 0.25) is 0 Å². The van der Waals surface area contributed by atoms with Gasteiger partial charge in [-0.3, -0.25) is 10.2 Å². The number of hydrazine groups is 1. The van der Waals surface area contributed by atoms with Gasteiger partial charge in [-0.1, -0.05) is 6.42 Å². The van der Waals surface area contributed by atoms with E-state index >= 15 is 0 Å². The van der Waals surface area contributed by atoms with Crippen LogP contribution in [0.15, 0.2) is 18.2 Å². The molecular formula is C12H16N2O3. The zero-order chi connectivity index (χ0) is 12.3. The van der Waals surface area contributed by atoms with Crippen LogP contribution in [0.5, 0.6) is 11.5 Å². The Morgan fingerprint density at radius 3 is 2.24 bits per heavy atom. The predicted molar refractivity (Wildman–Crippen MR) is 62.7 cm³/mol. The molecule has 17 heavy (non-hydrogen) atoms. The summed E-state index contributed by atoms with van der Waals surface area (Å²) in [4.78, 5) is 11.8. The number of piperidine rings is 1. The third kappa shape index (κ3) is 3.10. The molecule has 1 aliphatic heterocycles. The lowest BCUT2D eigenvalue weighted by molar-refractivity contribution is 0.0749. The highest BCUT2D eigenvalue weighted by Crippen LogP contribution is 2.20. The maximum absolute atomic E-state index is 11.8. The van der Waals surface area contributed by atoms with Crippen molar-refractivity contribution in [2.45, 2.75) is 19.3 Å². The predicted octanol–water partition coefficient (Wildman–Crippen LogP) is 1.23. The van der Waals surface area contributed by atoms with E-state index in [2.05, 4.69) is 5.43 Å². The van der Waals surface area contributed by atoms with E-state index in [-0.39, 0.29) is 23.0 Å². The van der Waals surface area contributed by atoms with Gasteiger partial charge in [0.1, 0.15) is 11.5 Å². The number of rotatable bonds is 2. The van der Waals surface area contributed by atoms with Crippen LogP contribution < -0.4 is 5.43 Å². The van der Waals surface area contributed by atoms with E-state index in [1.165, 1.54) is 24.6 Å². The zero-order valence-electron chi connectivity index (χ0n) is 9.52. The van der Waals surface area contributed by atoms with E-state index in [0.29, 0.717) is 0 Å². The lowest BCUT2D eigenvalue weighted by Crippen LogP contribution is -2.45. The largest absolute Gasteiger partial charge is 0.508 e. The first-order valence-electron chi connectivity index (χ1n) is 5.74. The molecule has 1 amide bonds. The number of amides is 1. The highest BCUT2D eigenvalue weighted by atomic mass is 16.3. The lowest BCUT2D eigenvalue weighted by atomic mass is 10.1. The second-order valence-corrected chi connectivity index (χ2v) is 4.23. The Morgan fingerprint density at radius 2 is 1.65 bits per heavy atom. The number of hydrogen-bond acceptors (Lipinski definition) is 4. The van der Waals surface area contributed by atoms with Gasteiger partial charge in [-0.05, 0) is 25.0 Å². The molecule has 3 N–H and O–H groups in total. The normalized spacial score (nSPS) is 16.7. The summed E-state index contributed by atoms with van der Waals surface area (Å²) in [6.07, 6.45) is 3.34. The Bertz CT molecular complexity index is 394. The highest BCUT2D eigenvalue weighted by Gasteiger charge is 2.14. The number of carbonyl (C=O) groups is 1. The number of nitrogens with zero attached hydrogens (tertiary/aromatic N) is 1. The molecule has 92 valence electrons.